The van der Waals surface area contributed by atoms with Gasteiger partial charge in [-0.1, -0.05) is 37.1 Å². The van der Waals surface area contributed by atoms with Gasteiger partial charge in [-0.2, -0.15) is 0 Å². The number of ether oxygens (including phenoxy) is 1. The predicted octanol–water partition coefficient (Wildman–Crippen LogP) is 4.20. The van der Waals surface area contributed by atoms with E-state index < -0.39 is 17.2 Å². The van der Waals surface area contributed by atoms with E-state index in [1.807, 2.05) is 24.3 Å². The van der Waals surface area contributed by atoms with E-state index in [2.05, 4.69) is 4.98 Å². The highest BCUT2D eigenvalue weighted by Gasteiger charge is 2.44. The lowest BCUT2D eigenvalue weighted by Crippen LogP contribution is -2.38. The molecule has 30 heavy (non-hydrogen) atoms. The number of imide groups is 1. The van der Waals surface area contributed by atoms with Gasteiger partial charge in [0.2, 0.25) is 0 Å². The number of fused-ring (bicyclic) bond motifs is 2. The lowest BCUT2D eigenvalue weighted by Gasteiger charge is -2.26. The average Bonchev–Trinajstić information content (AvgIpc) is 3.45. The first-order valence-electron chi connectivity index (χ1n) is 10.0. The number of amides is 2. The van der Waals surface area contributed by atoms with Crippen LogP contribution in [0.4, 0.5) is 0 Å². The smallest absolute Gasteiger partial charge is 0.314 e. The van der Waals surface area contributed by atoms with Crippen LogP contribution in [0.1, 0.15) is 51.4 Å². The number of benzene rings is 2. The predicted molar refractivity (Wildman–Crippen MR) is 112 cm³/mol. The molecular formula is C23H20N2O4S. The number of hydrogen-bond acceptors (Lipinski definition) is 6. The summed E-state index contributed by atoms with van der Waals surface area (Å²) in [7, 11) is 0. The van der Waals surface area contributed by atoms with E-state index in [1.54, 1.807) is 35.6 Å². The lowest BCUT2D eigenvalue weighted by molar-refractivity contribution is -0.158. The Morgan fingerprint density at radius 1 is 1.00 bits per heavy atom. The molecule has 1 aliphatic heterocycles. The fourth-order valence-electron chi connectivity index (χ4n) is 4.42. The van der Waals surface area contributed by atoms with Crippen LogP contribution >= 0.6 is 11.3 Å². The molecule has 2 aliphatic rings. The van der Waals surface area contributed by atoms with Crippen LogP contribution in [0.15, 0.2) is 48.5 Å². The molecule has 1 aromatic heterocycles. The fourth-order valence-corrected chi connectivity index (χ4v) is 5.53. The van der Waals surface area contributed by atoms with Gasteiger partial charge in [0.25, 0.3) is 11.8 Å². The fraction of sp³-hybridized carbons (Fsp3) is 0.304. The summed E-state index contributed by atoms with van der Waals surface area (Å²) in [5, 5.41) is 0.913. The van der Waals surface area contributed by atoms with Crippen LogP contribution in [0, 0.1) is 5.41 Å². The van der Waals surface area contributed by atoms with Crippen molar-refractivity contribution in [1.29, 1.82) is 0 Å². The molecule has 2 amide bonds. The van der Waals surface area contributed by atoms with Crippen molar-refractivity contribution in [3.8, 4) is 0 Å². The highest BCUT2D eigenvalue weighted by atomic mass is 32.1. The monoisotopic (exact) mass is 420 g/mol. The maximum absolute atomic E-state index is 13.1. The van der Waals surface area contributed by atoms with Crippen molar-refractivity contribution in [3.05, 3.63) is 64.7 Å². The Balaban J connectivity index is 1.32. The number of aromatic nitrogens is 1. The summed E-state index contributed by atoms with van der Waals surface area (Å²) in [5.41, 5.74) is 0.990. The normalized spacial score (nSPS) is 17.5. The number of para-hydroxylation sites is 1. The first kappa shape index (κ1) is 18.9. The van der Waals surface area contributed by atoms with Gasteiger partial charge in [0.1, 0.15) is 0 Å². The third kappa shape index (κ3) is 3.10. The van der Waals surface area contributed by atoms with E-state index in [1.165, 1.54) is 0 Å². The van der Waals surface area contributed by atoms with Gasteiger partial charge >= 0.3 is 5.97 Å². The Kier molecular flexibility index (Phi) is 4.62. The molecular weight excluding hydrogens is 400 g/mol. The number of carbonyl (C=O) groups excluding carboxylic acids is 3. The number of thiazole rings is 1. The Morgan fingerprint density at radius 2 is 1.63 bits per heavy atom. The van der Waals surface area contributed by atoms with Crippen LogP contribution in [-0.4, -0.2) is 34.4 Å². The summed E-state index contributed by atoms with van der Waals surface area (Å²) >= 11 is 1.60. The number of carbonyl (C=O) groups is 3. The van der Waals surface area contributed by atoms with Gasteiger partial charge in [0, 0.05) is 6.42 Å². The minimum Gasteiger partial charge on any atom is -0.443 e. The molecule has 0 atom stereocenters. The van der Waals surface area contributed by atoms with E-state index in [0.29, 0.717) is 17.5 Å². The summed E-state index contributed by atoms with van der Waals surface area (Å²) in [5.74, 6) is -1.19. The van der Waals surface area contributed by atoms with Crippen molar-refractivity contribution >= 4 is 39.3 Å². The van der Waals surface area contributed by atoms with E-state index in [4.69, 9.17) is 4.74 Å². The summed E-state index contributed by atoms with van der Waals surface area (Å²) < 4.78 is 6.65. The van der Waals surface area contributed by atoms with Gasteiger partial charge in [-0.3, -0.25) is 14.4 Å². The van der Waals surface area contributed by atoms with Gasteiger partial charge in [0.15, 0.2) is 6.73 Å². The molecule has 0 N–H and O–H groups in total. The average molecular weight is 420 g/mol. The van der Waals surface area contributed by atoms with Crippen LogP contribution in [0.25, 0.3) is 10.2 Å². The van der Waals surface area contributed by atoms with Crippen molar-refractivity contribution < 1.29 is 19.1 Å². The zero-order chi connectivity index (χ0) is 20.7. The molecule has 3 aromatic rings. The van der Waals surface area contributed by atoms with Crippen LogP contribution < -0.4 is 0 Å². The van der Waals surface area contributed by atoms with Crippen molar-refractivity contribution in [1.82, 2.24) is 9.88 Å². The number of hydrogen-bond donors (Lipinski definition) is 0. The molecule has 5 rings (SSSR count). The third-order valence-electron chi connectivity index (χ3n) is 6.02. The molecule has 6 nitrogen and oxygen atoms in total. The number of rotatable bonds is 5. The number of nitrogens with zero attached hydrogens (tertiary/aromatic N) is 2. The van der Waals surface area contributed by atoms with Gasteiger partial charge in [-0.25, -0.2) is 9.88 Å². The molecule has 0 saturated heterocycles. The molecule has 152 valence electrons. The van der Waals surface area contributed by atoms with Crippen LogP contribution in [0.3, 0.4) is 0 Å². The minimum absolute atomic E-state index is 0.351. The topological polar surface area (TPSA) is 76.6 Å². The van der Waals surface area contributed by atoms with E-state index >= 15 is 0 Å². The SMILES string of the molecule is O=C1c2ccccc2C(=O)N1COC(=O)C1(Cc2nc3ccccc3s2)CCCC1. The van der Waals surface area contributed by atoms with Gasteiger partial charge < -0.3 is 4.74 Å². The summed E-state index contributed by atoms with van der Waals surface area (Å²) in [6.07, 6.45) is 3.88. The largest absolute Gasteiger partial charge is 0.443 e. The van der Waals surface area contributed by atoms with Crippen molar-refractivity contribution in [2.24, 2.45) is 5.41 Å². The molecule has 0 radical (unpaired) electrons. The molecule has 2 aromatic carbocycles. The standard InChI is InChI=1S/C23H20N2O4S/c26-20-15-7-1-2-8-16(15)21(27)25(20)14-29-22(28)23(11-5-6-12-23)13-19-24-17-9-3-4-10-18(17)30-19/h1-4,7-10H,5-6,11-14H2. The van der Waals surface area contributed by atoms with Crippen molar-refractivity contribution in [2.75, 3.05) is 6.73 Å². The summed E-state index contributed by atoms with van der Waals surface area (Å²) in [4.78, 5) is 43.9. The molecule has 2 heterocycles. The molecule has 1 saturated carbocycles. The van der Waals surface area contributed by atoms with E-state index in [9.17, 15) is 14.4 Å². The molecule has 0 unspecified atom stereocenters. The Bertz CT molecular complexity index is 1090. The molecule has 1 aliphatic carbocycles. The van der Waals surface area contributed by atoms with Crippen LogP contribution in [0.5, 0.6) is 0 Å². The maximum Gasteiger partial charge on any atom is 0.314 e. The van der Waals surface area contributed by atoms with Crippen molar-refractivity contribution in [3.63, 3.8) is 0 Å². The van der Waals surface area contributed by atoms with E-state index in [0.717, 1.165) is 45.8 Å². The Labute approximate surface area is 177 Å². The summed E-state index contributed by atoms with van der Waals surface area (Å²) in [6, 6.07) is 14.6. The molecule has 7 heteroatoms. The molecule has 0 spiro atoms. The van der Waals surface area contributed by atoms with Gasteiger partial charge in [0.05, 0.1) is 31.8 Å². The second-order valence-electron chi connectivity index (χ2n) is 7.88. The third-order valence-corrected chi connectivity index (χ3v) is 7.06. The quantitative estimate of drug-likeness (QED) is 0.457. The second kappa shape index (κ2) is 7.32. The zero-order valence-corrected chi connectivity index (χ0v) is 17.1. The van der Waals surface area contributed by atoms with Gasteiger partial charge in [-0.15, -0.1) is 11.3 Å². The first-order chi connectivity index (χ1) is 14.6. The molecule has 0 bridgehead atoms. The lowest BCUT2D eigenvalue weighted by atomic mass is 9.83. The first-order valence-corrected chi connectivity index (χ1v) is 10.9. The maximum atomic E-state index is 13.1. The summed E-state index contributed by atoms with van der Waals surface area (Å²) in [6.45, 7) is -0.354. The zero-order valence-electron chi connectivity index (χ0n) is 16.3. The Hall–Kier alpha value is -3.06. The Morgan fingerprint density at radius 3 is 2.30 bits per heavy atom. The van der Waals surface area contributed by atoms with E-state index in [-0.39, 0.29) is 12.7 Å². The van der Waals surface area contributed by atoms with Crippen molar-refractivity contribution in [2.45, 2.75) is 32.1 Å². The van der Waals surface area contributed by atoms with Crippen LogP contribution in [-0.2, 0) is 16.0 Å². The highest BCUT2D eigenvalue weighted by Crippen LogP contribution is 2.43. The van der Waals surface area contributed by atoms with Crippen LogP contribution in [0.2, 0.25) is 0 Å². The number of esters is 1. The highest BCUT2D eigenvalue weighted by molar-refractivity contribution is 7.18. The van der Waals surface area contributed by atoms with Gasteiger partial charge in [-0.05, 0) is 37.1 Å². The molecule has 1 fully saturated rings. The second-order valence-corrected chi connectivity index (χ2v) is 9.00. The minimum atomic E-state index is -0.646.